The van der Waals surface area contributed by atoms with E-state index < -0.39 is 0 Å². The van der Waals surface area contributed by atoms with E-state index in [0.717, 1.165) is 11.8 Å². The van der Waals surface area contributed by atoms with Crippen LogP contribution in [0.1, 0.15) is 52.9 Å². The second-order valence-electron chi connectivity index (χ2n) is 5.65. The van der Waals surface area contributed by atoms with Crippen LogP contribution in [-0.2, 0) is 0 Å². The Hall–Kier alpha value is 0. The highest BCUT2D eigenvalue weighted by Crippen LogP contribution is 2.35. The predicted molar refractivity (Wildman–Crippen MR) is 54.9 cm³/mol. The fourth-order valence-corrected chi connectivity index (χ4v) is 2.30. The van der Waals surface area contributed by atoms with Crippen LogP contribution in [0.15, 0.2) is 0 Å². The van der Waals surface area contributed by atoms with E-state index >= 15 is 0 Å². The van der Waals surface area contributed by atoms with E-state index in [-0.39, 0.29) is 0 Å². The predicted octanol–water partition coefficient (Wildman–Crippen LogP) is 4.06. The molecule has 1 radical (unpaired) electrons. The Kier molecular flexibility index (Phi) is 3.20. The highest BCUT2D eigenvalue weighted by molar-refractivity contribution is 4.77. The lowest BCUT2D eigenvalue weighted by atomic mass is 9.75. The van der Waals surface area contributed by atoms with Crippen molar-refractivity contribution < 1.29 is 0 Å². The van der Waals surface area contributed by atoms with Gasteiger partial charge in [0.15, 0.2) is 0 Å². The van der Waals surface area contributed by atoms with Crippen LogP contribution in [0.25, 0.3) is 0 Å². The third-order valence-electron chi connectivity index (χ3n) is 2.87. The molecular formula is C12H23. The summed E-state index contributed by atoms with van der Waals surface area (Å²) in [7, 11) is 0. The molecule has 1 rings (SSSR count). The van der Waals surface area contributed by atoms with E-state index in [9.17, 15) is 0 Å². The van der Waals surface area contributed by atoms with E-state index in [0.29, 0.717) is 5.41 Å². The fraction of sp³-hybridized carbons (Fsp3) is 0.917. The zero-order valence-corrected chi connectivity index (χ0v) is 8.90. The standard InChI is InChI=1S/C12H23/c1-10-5-7-11(8-6-10)9-12(2,3)4/h10-11H,1,5-9H2,2-4H3. The van der Waals surface area contributed by atoms with E-state index in [4.69, 9.17) is 0 Å². The van der Waals surface area contributed by atoms with Gasteiger partial charge >= 0.3 is 0 Å². The summed E-state index contributed by atoms with van der Waals surface area (Å²) in [5.74, 6) is 1.74. The Labute approximate surface area is 77.7 Å². The first-order valence-electron chi connectivity index (χ1n) is 5.30. The Morgan fingerprint density at radius 2 is 1.58 bits per heavy atom. The Balaban J connectivity index is 2.26. The van der Waals surface area contributed by atoms with E-state index in [1.54, 1.807) is 0 Å². The van der Waals surface area contributed by atoms with Gasteiger partial charge in [0.25, 0.3) is 0 Å². The average molecular weight is 167 g/mol. The lowest BCUT2D eigenvalue weighted by Gasteiger charge is -2.31. The second-order valence-corrected chi connectivity index (χ2v) is 5.65. The summed E-state index contributed by atoms with van der Waals surface area (Å²) in [4.78, 5) is 0. The molecule has 0 heterocycles. The zero-order valence-electron chi connectivity index (χ0n) is 8.90. The maximum Gasteiger partial charge on any atom is -0.0380 e. The van der Waals surface area contributed by atoms with Crippen molar-refractivity contribution >= 4 is 0 Å². The van der Waals surface area contributed by atoms with Gasteiger partial charge in [-0.2, -0.15) is 0 Å². The molecule has 0 atom stereocenters. The molecular weight excluding hydrogens is 144 g/mol. The van der Waals surface area contributed by atoms with E-state index in [1.807, 2.05) is 0 Å². The summed E-state index contributed by atoms with van der Waals surface area (Å²) in [6.07, 6.45) is 6.97. The maximum atomic E-state index is 4.13. The van der Waals surface area contributed by atoms with Gasteiger partial charge in [-0.3, -0.25) is 0 Å². The van der Waals surface area contributed by atoms with Crippen LogP contribution in [-0.4, -0.2) is 0 Å². The maximum absolute atomic E-state index is 4.13. The first-order valence-corrected chi connectivity index (χ1v) is 5.30. The summed E-state index contributed by atoms with van der Waals surface area (Å²) in [5, 5.41) is 0. The zero-order chi connectivity index (χ0) is 9.19. The highest BCUT2D eigenvalue weighted by atomic mass is 14.3. The highest BCUT2D eigenvalue weighted by Gasteiger charge is 2.22. The van der Waals surface area contributed by atoms with Gasteiger partial charge in [-0.25, -0.2) is 0 Å². The normalized spacial score (nSPS) is 32.0. The molecule has 1 fully saturated rings. The minimum atomic E-state index is 0.526. The van der Waals surface area contributed by atoms with Crippen molar-refractivity contribution in [3.05, 3.63) is 6.92 Å². The SMILES string of the molecule is [CH2]C1CCC(CC(C)(C)C)CC1. The van der Waals surface area contributed by atoms with Crippen LogP contribution in [0.5, 0.6) is 0 Å². The molecule has 0 aromatic rings. The van der Waals surface area contributed by atoms with Crippen LogP contribution in [0.4, 0.5) is 0 Å². The smallest absolute Gasteiger partial charge is 0.0380 e. The van der Waals surface area contributed by atoms with Crippen molar-refractivity contribution in [1.29, 1.82) is 0 Å². The summed E-state index contributed by atoms with van der Waals surface area (Å²) >= 11 is 0. The first kappa shape index (κ1) is 10.1. The quantitative estimate of drug-likeness (QED) is 0.552. The van der Waals surface area contributed by atoms with Gasteiger partial charge in [0.05, 0.1) is 0 Å². The molecule has 1 aliphatic carbocycles. The second kappa shape index (κ2) is 3.81. The Morgan fingerprint density at radius 1 is 1.08 bits per heavy atom. The molecule has 0 aromatic heterocycles. The van der Waals surface area contributed by atoms with Crippen LogP contribution >= 0.6 is 0 Å². The van der Waals surface area contributed by atoms with Gasteiger partial charge < -0.3 is 0 Å². The first-order chi connectivity index (χ1) is 5.47. The molecule has 0 spiro atoms. The van der Waals surface area contributed by atoms with Crippen LogP contribution in [0.3, 0.4) is 0 Å². The van der Waals surface area contributed by atoms with E-state index in [2.05, 4.69) is 27.7 Å². The molecule has 0 nitrogen and oxygen atoms in total. The van der Waals surface area contributed by atoms with Crippen molar-refractivity contribution in [3.63, 3.8) is 0 Å². The van der Waals surface area contributed by atoms with Gasteiger partial charge in [-0.1, -0.05) is 53.4 Å². The lowest BCUT2D eigenvalue weighted by Crippen LogP contribution is -2.18. The van der Waals surface area contributed by atoms with Crippen LogP contribution in [0, 0.1) is 24.2 Å². The number of rotatable bonds is 1. The third kappa shape index (κ3) is 3.60. The van der Waals surface area contributed by atoms with Crippen molar-refractivity contribution in [2.75, 3.05) is 0 Å². The van der Waals surface area contributed by atoms with Crippen molar-refractivity contribution in [2.24, 2.45) is 17.3 Å². The molecule has 0 heteroatoms. The Bertz CT molecular complexity index is 121. The molecule has 0 saturated heterocycles. The van der Waals surface area contributed by atoms with Crippen LogP contribution < -0.4 is 0 Å². The molecule has 0 bridgehead atoms. The van der Waals surface area contributed by atoms with Crippen molar-refractivity contribution in [1.82, 2.24) is 0 Å². The molecule has 71 valence electrons. The van der Waals surface area contributed by atoms with Gasteiger partial charge in [0.2, 0.25) is 0 Å². The largest absolute Gasteiger partial charge is 0.0602 e. The summed E-state index contributed by atoms with van der Waals surface area (Å²) in [6.45, 7) is 11.2. The minimum Gasteiger partial charge on any atom is -0.0602 e. The van der Waals surface area contributed by atoms with Gasteiger partial charge in [0, 0.05) is 0 Å². The molecule has 0 N–H and O–H groups in total. The monoisotopic (exact) mass is 167 g/mol. The number of hydrogen-bond donors (Lipinski definition) is 0. The fourth-order valence-electron chi connectivity index (χ4n) is 2.30. The summed E-state index contributed by atoms with van der Waals surface area (Å²) < 4.78 is 0. The topological polar surface area (TPSA) is 0 Å². The molecule has 0 aliphatic heterocycles. The molecule has 12 heavy (non-hydrogen) atoms. The molecule has 1 aliphatic rings. The minimum absolute atomic E-state index is 0.526. The van der Waals surface area contributed by atoms with Crippen molar-refractivity contribution in [2.45, 2.75) is 52.9 Å². The molecule has 1 saturated carbocycles. The summed E-state index contributed by atoms with van der Waals surface area (Å²) in [5.41, 5.74) is 0.526. The van der Waals surface area contributed by atoms with Gasteiger partial charge in [0.1, 0.15) is 0 Å². The van der Waals surface area contributed by atoms with E-state index in [1.165, 1.54) is 32.1 Å². The van der Waals surface area contributed by atoms with Gasteiger partial charge in [-0.05, 0) is 23.7 Å². The molecule has 0 aromatic carbocycles. The van der Waals surface area contributed by atoms with Crippen molar-refractivity contribution in [3.8, 4) is 0 Å². The van der Waals surface area contributed by atoms with Crippen LogP contribution in [0.2, 0.25) is 0 Å². The Morgan fingerprint density at radius 3 is 2.00 bits per heavy atom. The number of hydrogen-bond acceptors (Lipinski definition) is 0. The lowest BCUT2D eigenvalue weighted by molar-refractivity contribution is 0.220. The molecule has 0 unspecified atom stereocenters. The molecule has 0 amide bonds. The third-order valence-corrected chi connectivity index (χ3v) is 2.87. The average Bonchev–Trinajstić information content (AvgIpc) is 1.91. The summed E-state index contributed by atoms with van der Waals surface area (Å²) in [6, 6.07) is 0. The van der Waals surface area contributed by atoms with Gasteiger partial charge in [-0.15, -0.1) is 0 Å².